The van der Waals surface area contributed by atoms with E-state index in [0.29, 0.717) is 18.8 Å². The second kappa shape index (κ2) is 20.4. The van der Waals surface area contributed by atoms with E-state index in [1.54, 1.807) is 12.1 Å². The van der Waals surface area contributed by atoms with Gasteiger partial charge in [0.05, 0.1) is 26.9 Å². The van der Waals surface area contributed by atoms with Gasteiger partial charge in [-0.25, -0.2) is 4.39 Å². The monoisotopic (exact) mass is 454 g/mol. The van der Waals surface area contributed by atoms with Crippen molar-refractivity contribution in [3.8, 4) is 5.75 Å². The molecule has 0 fully saturated rings. The smallest absolute Gasteiger partial charge is 0.165 e. The second-order valence-corrected chi connectivity index (χ2v) is 8.76. The summed E-state index contributed by atoms with van der Waals surface area (Å²) in [6.07, 6.45) is 18.3. The van der Waals surface area contributed by atoms with Crippen molar-refractivity contribution in [1.82, 2.24) is 0 Å². The van der Waals surface area contributed by atoms with Crippen LogP contribution in [0.3, 0.4) is 0 Å². The fraction of sp³-hybridized carbons (Fsp3) is 0.778. The van der Waals surface area contributed by atoms with Crippen molar-refractivity contribution in [2.75, 3.05) is 26.9 Å². The molecule has 0 saturated carbocycles. The highest BCUT2D eigenvalue weighted by Crippen LogP contribution is 2.18. The number of ether oxygens (including phenoxy) is 3. The summed E-state index contributed by atoms with van der Waals surface area (Å²) in [5.41, 5.74) is 0.703. The molecular weight excluding hydrogens is 407 g/mol. The Morgan fingerprint density at radius 1 is 0.844 bits per heavy atom. The normalized spacial score (nSPS) is 12.2. The van der Waals surface area contributed by atoms with E-state index in [9.17, 15) is 9.50 Å². The number of benzene rings is 1. The zero-order valence-electron chi connectivity index (χ0n) is 20.6. The van der Waals surface area contributed by atoms with Gasteiger partial charge in [-0.05, 0) is 24.1 Å². The molecule has 0 amide bonds. The van der Waals surface area contributed by atoms with E-state index in [-0.39, 0.29) is 19.0 Å². The predicted octanol–water partition coefficient (Wildman–Crippen LogP) is 7.21. The van der Waals surface area contributed by atoms with Gasteiger partial charge < -0.3 is 19.3 Å². The van der Waals surface area contributed by atoms with Crippen LogP contribution >= 0.6 is 0 Å². The number of hydrogen-bond donors (Lipinski definition) is 1. The van der Waals surface area contributed by atoms with Crippen LogP contribution in [-0.2, 0) is 16.1 Å². The molecule has 1 unspecified atom stereocenters. The quantitative estimate of drug-likeness (QED) is 0.188. The number of aliphatic hydroxyl groups excluding tert-OH is 1. The number of halogens is 1. The highest BCUT2D eigenvalue weighted by Gasteiger charge is 2.10. The first-order valence-corrected chi connectivity index (χ1v) is 12.8. The van der Waals surface area contributed by atoms with E-state index in [2.05, 4.69) is 6.92 Å². The lowest BCUT2D eigenvalue weighted by atomic mass is 10.0. The molecule has 0 heterocycles. The molecule has 1 atom stereocenters. The minimum absolute atomic E-state index is 0.114. The van der Waals surface area contributed by atoms with E-state index >= 15 is 0 Å². The molecule has 186 valence electrons. The summed E-state index contributed by atoms with van der Waals surface area (Å²) in [7, 11) is 1.44. The number of aliphatic hydroxyl groups is 1. The SMILES string of the molecule is CCCCCCCCCCCCCCCCOCC(CO)OCc1ccc(OC)c(F)c1. The van der Waals surface area contributed by atoms with Gasteiger partial charge in [-0.1, -0.05) is 96.5 Å². The number of unbranched alkanes of at least 4 members (excludes halogenated alkanes) is 13. The average Bonchev–Trinajstić information content (AvgIpc) is 2.80. The number of methoxy groups -OCH3 is 1. The van der Waals surface area contributed by atoms with Crippen LogP contribution in [0.2, 0.25) is 0 Å². The summed E-state index contributed by atoms with van der Waals surface area (Å²) in [4.78, 5) is 0. The first kappa shape index (κ1) is 28.9. The highest BCUT2D eigenvalue weighted by atomic mass is 19.1. The summed E-state index contributed by atoms with van der Waals surface area (Å²) in [6, 6.07) is 4.72. The van der Waals surface area contributed by atoms with Gasteiger partial charge in [0.15, 0.2) is 11.6 Å². The Labute approximate surface area is 195 Å². The molecule has 0 bridgehead atoms. The first-order chi connectivity index (χ1) is 15.7. The van der Waals surface area contributed by atoms with Crippen LogP contribution in [-0.4, -0.2) is 38.1 Å². The maximum Gasteiger partial charge on any atom is 0.165 e. The zero-order valence-corrected chi connectivity index (χ0v) is 20.6. The zero-order chi connectivity index (χ0) is 23.3. The lowest BCUT2D eigenvalue weighted by molar-refractivity contribution is -0.0503. The van der Waals surface area contributed by atoms with Gasteiger partial charge in [0.25, 0.3) is 0 Å². The molecule has 1 rings (SSSR count). The molecule has 1 N–H and O–H groups in total. The molecule has 0 aliphatic rings. The van der Waals surface area contributed by atoms with Gasteiger partial charge in [-0.3, -0.25) is 0 Å². The Balaban J connectivity index is 1.91. The van der Waals surface area contributed by atoms with Crippen LogP contribution in [0.15, 0.2) is 18.2 Å². The lowest BCUT2D eigenvalue weighted by Crippen LogP contribution is -2.24. The Bertz CT molecular complexity index is 552. The Hall–Kier alpha value is -1.17. The topological polar surface area (TPSA) is 47.9 Å². The Morgan fingerprint density at radius 2 is 1.41 bits per heavy atom. The van der Waals surface area contributed by atoms with Crippen molar-refractivity contribution in [2.24, 2.45) is 0 Å². The van der Waals surface area contributed by atoms with Crippen molar-refractivity contribution < 1.29 is 23.7 Å². The van der Waals surface area contributed by atoms with E-state index in [1.165, 1.54) is 96.6 Å². The van der Waals surface area contributed by atoms with Gasteiger partial charge in [-0.2, -0.15) is 0 Å². The molecule has 0 aliphatic heterocycles. The average molecular weight is 455 g/mol. The summed E-state index contributed by atoms with van der Waals surface area (Å²) in [5.74, 6) is -0.202. The molecule has 0 spiro atoms. The number of hydrogen-bond acceptors (Lipinski definition) is 4. The number of rotatable bonds is 22. The van der Waals surface area contributed by atoms with Crippen LogP contribution in [0, 0.1) is 5.82 Å². The third-order valence-corrected chi connectivity index (χ3v) is 5.85. The maximum absolute atomic E-state index is 13.7. The van der Waals surface area contributed by atoms with Crippen LogP contribution in [0.4, 0.5) is 4.39 Å². The molecule has 0 radical (unpaired) electrons. The standard InChI is InChI=1S/C27H47FO4/c1-3-4-5-6-7-8-9-10-11-12-13-14-15-16-19-31-23-25(21-29)32-22-24-17-18-27(30-2)26(28)20-24/h17-18,20,25,29H,3-16,19,21-23H2,1-2H3. The first-order valence-electron chi connectivity index (χ1n) is 12.8. The van der Waals surface area contributed by atoms with Crippen LogP contribution in [0.5, 0.6) is 5.75 Å². The fourth-order valence-corrected chi connectivity index (χ4v) is 3.78. The third kappa shape index (κ3) is 14.8. The molecule has 5 heteroatoms. The van der Waals surface area contributed by atoms with Gasteiger partial charge in [0, 0.05) is 6.61 Å². The van der Waals surface area contributed by atoms with E-state index in [0.717, 1.165) is 6.42 Å². The van der Waals surface area contributed by atoms with Gasteiger partial charge in [-0.15, -0.1) is 0 Å². The fourth-order valence-electron chi connectivity index (χ4n) is 3.78. The van der Waals surface area contributed by atoms with Crippen molar-refractivity contribution in [3.63, 3.8) is 0 Å². The van der Waals surface area contributed by atoms with Crippen LogP contribution < -0.4 is 4.74 Å². The van der Waals surface area contributed by atoms with Crippen molar-refractivity contribution in [2.45, 2.75) is 110 Å². The molecule has 4 nitrogen and oxygen atoms in total. The maximum atomic E-state index is 13.7. The minimum Gasteiger partial charge on any atom is -0.494 e. The third-order valence-electron chi connectivity index (χ3n) is 5.85. The van der Waals surface area contributed by atoms with Crippen molar-refractivity contribution in [3.05, 3.63) is 29.6 Å². The summed E-state index contributed by atoms with van der Waals surface area (Å²) in [6.45, 7) is 3.43. The molecule has 0 aromatic heterocycles. The van der Waals surface area contributed by atoms with E-state index in [1.807, 2.05) is 0 Å². The molecule has 32 heavy (non-hydrogen) atoms. The summed E-state index contributed by atoms with van der Waals surface area (Å²) >= 11 is 0. The second-order valence-electron chi connectivity index (χ2n) is 8.76. The van der Waals surface area contributed by atoms with Crippen LogP contribution in [0.25, 0.3) is 0 Å². The van der Waals surface area contributed by atoms with E-state index < -0.39 is 11.9 Å². The highest BCUT2D eigenvalue weighted by molar-refractivity contribution is 5.28. The summed E-state index contributed by atoms with van der Waals surface area (Å²) < 4.78 is 29.9. The van der Waals surface area contributed by atoms with Crippen LogP contribution in [0.1, 0.15) is 102 Å². The van der Waals surface area contributed by atoms with Gasteiger partial charge in [0.1, 0.15) is 6.10 Å². The Morgan fingerprint density at radius 3 is 1.91 bits per heavy atom. The largest absolute Gasteiger partial charge is 0.494 e. The van der Waals surface area contributed by atoms with E-state index in [4.69, 9.17) is 14.2 Å². The van der Waals surface area contributed by atoms with Gasteiger partial charge in [0.2, 0.25) is 0 Å². The predicted molar refractivity (Wildman–Crippen MR) is 130 cm³/mol. The minimum atomic E-state index is -0.414. The van der Waals surface area contributed by atoms with Gasteiger partial charge >= 0.3 is 0 Å². The molecule has 1 aromatic rings. The Kier molecular flexibility index (Phi) is 18.4. The molecule has 1 aromatic carbocycles. The van der Waals surface area contributed by atoms with Crippen molar-refractivity contribution in [1.29, 1.82) is 0 Å². The molecule has 0 aliphatic carbocycles. The molecule has 0 saturated heterocycles. The molecular formula is C27H47FO4. The summed E-state index contributed by atoms with van der Waals surface area (Å²) in [5, 5.41) is 9.47. The lowest BCUT2D eigenvalue weighted by Gasteiger charge is -2.16. The van der Waals surface area contributed by atoms with Crippen molar-refractivity contribution >= 4 is 0 Å².